The standard InChI is InChI=1S/C24H30Cl2N2O3/c1-4-6-14-27-24(30)22(5-2)28(16-17-10-12-18(31-3)13-11-17)23(29)15-19-20(25)8-7-9-21(19)26/h7-13,22H,4-6,14-16H2,1-3H3,(H,27,30)/t22-/m1/s1. The lowest BCUT2D eigenvalue weighted by molar-refractivity contribution is -0.140. The van der Waals surface area contributed by atoms with Crippen molar-refractivity contribution in [2.45, 2.75) is 52.1 Å². The molecule has 0 spiro atoms. The number of methoxy groups -OCH3 is 1. The molecule has 0 unspecified atom stereocenters. The molecule has 1 N–H and O–H groups in total. The van der Waals surface area contributed by atoms with E-state index in [9.17, 15) is 9.59 Å². The molecule has 0 aromatic heterocycles. The number of carbonyl (C=O) groups is 2. The highest BCUT2D eigenvalue weighted by molar-refractivity contribution is 6.36. The zero-order chi connectivity index (χ0) is 22.8. The molecule has 2 aromatic rings. The number of ether oxygens (including phenoxy) is 1. The van der Waals surface area contributed by atoms with Crippen LogP contribution in [0.3, 0.4) is 0 Å². The predicted molar refractivity (Wildman–Crippen MR) is 126 cm³/mol. The molecule has 0 fully saturated rings. The first kappa shape index (κ1) is 25.0. The summed E-state index contributed by atoms with van der Waals surface area (Å²) in [6.07, 6.45) is 2.39. The molecule has 31 heavy (non-hydrogen) atoms. The zero-order valence-corrected chi connectivity index (χ0v) is 19.8. The van der Waals surface area contributed by atoms with Crippen LogP contribution in [-0.2, 0) is 22.6 Å². The molecule has 5 nitrogen and oxygen atoms in total. The largest absolute Gasteiger partial charge is 0.497 e. The predicted octanol–water partition coefficient (Wildman–Crippen LogP) is 5.27. The van der Waals surface area contributed by atoms with Gasteiger partial charge in [0.15, 0.2) is 0 Å². The fourth-order valence-electron chi connectivity index (χ4n) is 3.31. The van der Waals surface area contributed by atoms with E-state index in [0.717, 1.165) is 24.2 Å². The van der Waals surface area contributed by atoms with E-state index >= 15 is 0 Å². The van der Waals surface area contributed by atoms with Crippen molar-refractivity contribution >= 4 is 35.0 Å². The number of carbonyl (C=O) groups excluding carboxylic acids is 2. The number of nitrogens with one attached hydrogen (secondary N) is 1. The molecule has 0 aliphatic carbocycles. The van der Waals surface area contributed by atoms with E-state index in [1.807, 2.05) is 31.2 Å². The van der Waals surface area contributed by atoms with E-state index in [2.05, 4.69) is 12.2 Å². The van der Waals surface area contributed by atoms with Gasteiger partial charge in [-0.1, -0.05) is 61.7 Å². The van der Waals surface area contributed by atoms with Crippen molar-refractivity contribution in [1.82, 2.24) is 10.2 Å². The van der Waals surface area contributed by atoms with Crippen molar-refractivity contribution in [2.75, 3.05) is 13.7 Å². The number of nitrogens with zero attached hydrogens (tertiary/aromatic N) is 1. The molecule has 0 aliphatic heterocycles. The van der Waals surface area contributed by atoms with E-state index in [0.29, 0.717) is 35.1 Å². The van der Waals surface area contributed by atoms with E-state index in [4.69, 9.17) is 27.9 Å². The molecule has 1 atom stereocenters. The summed E-state index contributed by atoms with van der Waals surface area (Å²) in [5.41, 5.74) is 1.47. The second kappa shape index (κ2) is 12.6. The molecule has 2 aromatic carbocycles. The van der Waals surface area contributed by atoms with Gasteiger partial charge in [0.2, 0.25) is 11.8 Å². The second-order valence-electron chi connectivity index (χ2n) is 7.32. The summed E-state index contributed by atoms with van der Waals surface area (Å²) in [6, 6.07) is 12.0. The van der Waals surface area contributed by atoms with Gasteiger partial charge in [-0.25, -0.2) is 0 Å². The maximum Gasteiger partial charge on any atom is 0.242 e. The molecular formula is C24H30Cl2N2O3. The lowest BCUT2D eigenvalue weighted by Gasteiger charge is -2.31. The van der Waals surface area contributed by atoms with Gasteiger partial charge in [0.25, 0.3) is 0 Å². The van der Waals surface area contributed by atoms with Crippen molar-refractivity contribution in [1.29, 1.82) is 0 Å². The number of hydrogen-bond donors (Lipinski definition) is 1. The summed E-state index contributed by atoms with van der Waals surface area (Å²) in [7, 11) is 1.60. The van der Waals surface area contributed by atoms with Crippen LogP contribution in [0.5, 0.6) is 5.75 Å². The van der Waals surface area contributed by atoms with Crippen LogP contribution in [0.2, 0.25) is 10.0 Å². The van der Waals surface area contributed by atoms with Gasteiger partial charge in [-0.2, -0.15) is 0 Å². The van der Waals surface area contributed by atoms with Crippen LogP contribution in [-0.4, -0.2) is 36.4 Å². The Hall–Kier alpha value is -2.24. The molecule has 0 saturated carbocycles. The van der Waals surface area contributed by atoms with Gasteiger partial charge in [0.1, 0.15) is 11.8 Å². The van der Waals surface area contributed by atoms with Crippen molar-refractivity contribution in [3.63, 3.8) is 0 Å². The van der Waals surface area contributed by atoms with Crippen LogP contribution in [0.15, 0.2) is 42.5 Å². The van der Waals surface area contributed by atoms with Crippen molar-refractivity contribution in [3.8, 4) is 5.75 Å². The first-order valence-corrected chi connectivity index (χ1v) is 11.3. The van der Waals surface area contributed by atoms with E-state index in [1.54, 1.807) is 30.2 Å². The van der Waals surface area contributed by atoms with E-state index in [1.165, 1.54) is 0 Å². The minimum atomic E-state index is -0.590. The van der Waals surface area contributed by atoms with Crippen LogP contribution in [0, 0.1) is 0 Å². The molecular weight excluding hydrogens is 435 g/mol. The summed E-state index contributed by atoms with van der Waals surface area (Å²) in [5.74, 6) is 0.375. The maximum atomic E-state index is 13.4. The summed E-state index contributed by atoms with van der Waals surface area (Å²) < 4.78 is 5.21. The number of hydrogen-bond acceptors (Lipinski definition) is 3. The monoisotopic (exact) mass is 464 g/mol. The normalized spacial score (nSPS) is 11.6. The SMILES string of the molecule is CCCCNC(=O)[C@@H](CC)N(Cc1ccc(OC)cc1)C(=O)Cc1c(Cl)cccc1Cl. The van der Waals surface area contributed by atoms with Gasteiger partial charge in [-0.3, -0.25) is 9.59 Å². The topological polar surface area (TPSA) is 58.6 Å². The fourth-order valence-corrected chi connectivity index (χ4v) is 3.84. The molecule has 168 valence electrons. The highest BCUT2D eigenvalue weighted by Gasteiger charge is 2.29. The summed E-state index contributed by atoms with van der Waals surface area (Å²) >= 11 is 12.6. The summed E-state index contributed by atoms with van der Waals surface area (Å²) in [6.45, 7) is 4.86. The quantitative estimate of drug-likeness (QED) is 0.460. The number of unbranched alkanes of at least 4 members (excludes halogenated alkanes) is 1. The highest BCUT2D eigenvalue weighted by atomic mass is 35.5. The number of rotatable bonds is 11. The van der Waals surface area contributed by atoms with Gasteiger partial charge in [-0.05, 0) is 48.2 Å². The molecule has 2 rings (SSSR count). The molecule has 0 heterocycles. The first-order chi connectivity index (χ1) is 14.9. The Bertz CT molecular complexity index is 851. The Balaban J connectivity index is 2.30. The molecule has 0 radical (unpaired) electrons. The third kappa shape index (κ3) is 7.15. The van der Waals surface area contributed by atoms with Crippen molar-refractivity contribution < 1.29 is 14.3 Å². The van der Waals surface area contributed by atoms with Gasteiger partial charge in [-0.15, -0.1) is 0 Å². The van der Waals surface area contributed by atoms with Crippen LogP contribution in [0.1, 0.15) is 44.2 Å². The van der Waals surface area contributed by atoms with E-state index < -0.39 is 6.04 Å². The number of amides is 2. The Morgan fingerprint density at radius 1 is 1.06 bits per heavy atom. The van der Waals surface area contributed by atoms with Crippen LogP contribution >= 0.6 is 23.2 Å². The Morgan fingerprint density at radius 2 is 1.71 bits per heavy atom. The first-order valence-electron chi connectivity index (χ1n) is 10.5. The van der Waals surface area contributed by atoms with Crippen LogP contribution in [0.25, 0.3) is 0 Å². The number of benzene rings is 2. The average Bonchev–Trinajstić information content (AvgIpc) is 2.76. The summed E-state index contributed by atoms with van der Waals surface area (Å²) in [4.78, 5) is 27.9. The molecule has 2 amide bonds. The molecule has 0 bridgehead atoms. The average molecular weight is 465 g/mol. The fraction of sp³-hybridized carbons (Fsp3) is 0.417. The lowest BCUT2D eigenvalue weighted by Crippen LogP contribution is -2.49. The summed E-state index contributed by atoms with van der Waals surface area (Å²) in [5, 5.41) is 3.83. The Kier molecular flexibility index (Phi) is 10.2. The third-order valence-corrected chi connectivity index (χ3v) is 5.83. The van der Waals surface area contributed by atoms with Gasteiger partial charge < -0.3 is 15.0 Å². The van der Waals surface area contributed by atoms with Gasteiger partial charge in [0, 0.05) is 23.1 Å². The molecule has 0 saturated heterocycles. The van der Waals surface area contributed by atoms with Crippen molar-refractivity contribution in [2.24, 2.45) is 0 Å². The van der Waals surface area contributed by atoms with Crippen LogP contribution < -0.4 is 10.1 Å². The maximum absolute atomic E-state index is 13.4. The van der Waals surface area contributed by atoms with Crippen molar-refractivity contribution in [3.05, 3.63) is 63.6 Å². The minimum Gasteiger partial charge on any atom is -0.497 e. The minimum absolute atomic E-state index is 0.0212. The Morgan fingerprint density at radius 3 is 2.26 bits per heavy atom. The van der Waals surface area contributed by atoms with Gasteiger partial charge in [0.05, 0.1) is 13.5 Å². The zero-order valence-electron chi connectivity index (χ0n) is 18.3. The lowest BCUT2D eigenvalue weighted by atomic mass is 10.1. The smallest absolute Gasteiger partial charge is 0.242 e. The molecule has 7 heteroatoms. The molecule has 0 aliphatic rings. The third-order valence-electron chi connectivity index (χ3n) is 5.12. The number of halogens is 2. The van der Waals surface area contributed by atoms with Gasteiger partial charge >= 0.3 is 0 Å². The Labute approximate surface area is 194 Å². The van der Waals surface area contributed by atoms with Crippen LogP contribution in [0.4, 0.5) is 0 Å². The second-order valence-corrected chi connectivity index (χ2v) is 8.13. The highest BCUT2D eigenvalue weighted by Crippen LogP contribution is 2.26. The van der Waals surface area contributed by atoms with E-state index in [-0.39, 0.29) is 18.2 Å².